The lowest BCUT2D eigenvalue weighted by Gasteiger charge is -2.32. The number of hydrogen-bond acceptors (Lipinski definition) is 4. The molecule has 2 aromatic heterocycles. The lowest BCUT2D eigenvalue weighted by Crippen LogP contribution is -2.40. The number of piperidine rings is 1. The Morgan fingerprint density at radius 2 is 2.20 bits per heavy atom. The molecule has 1 aliphatic heterocycles. The van der Waals surface area contributed by atoms with Crippen LogP contribution < -0.4 is 0 Å². The number of likely N-dealkylation sites (tertiary alicyclic amines) is 1. The van der Waals surface area contributed by atoms with Crippen LogP contribution in [-0.2, 0) is 19.4 Å². The van der Waals surface area contributed by atoms with E-state index in [9.17, 15) is 4.79 Å². The van der Waals surface area contributed by atoms with Gasteiger partial charge >= 0.3 is 0 Å². The van der Waals surface area contributed by atoms with Crippen LogP contribution in [0.3, 0.4) is 0 Å². The van der Waals surface area contributed by atoms with Crippen LogP contribution >= 0.6 is 0 Å². The van der Waals surface area contributed by atoms with Gasteiger partial charge in [0.1, 0.15) is 12.2 Å². The SMILES string of the molecule is CCCn1cnnc1C1CCCN(C(=O)c2n[nH]c3c2CCCC3)C1. The van der Waals surface area contributed by atoms with Gasteiger partial charge < -0.3 is 9.47 Å². The Bertz CT molecular complexity index is 749. The quantitative estimate of drug-likeness (QED) is 0.925. The number of carbonyl (C=O) groups is 1. The maximum absolute atomic E-state index is 13.1. The maximum atomic E-state index is 13.1. The Labute approximate surface area is 147 Å². The molecule has 3 heterocycles. The van der Waals surface area contributed by atoms with Crippen molar-refractivity contribution in [2.24, 2.45) is 0 Å². The zero-order valence-electron chi connectivity index (χ0n) is 14.9. The molecule has 0 spiro atoms. The monoisotopic (exact) mass is 342 g/mol. The molecule has 0 saturated carbocycles. The molecule has 4 rings (SSSR count). The maximum Gasteiger partial charge on any atom is 0.274 e. The van der Waals surface area contributed by atoms with E-state index in [2.05, 4.69) is 31.9 Å². The van der Waals surface area contributed by atoms with Gasteiger partial charge in [-0.2, -0.15) is 5.10 Å². The molecule has 1 N–H and O–H groups in total. The van der Waals surface area contributed by atoms with Gasteiger partial charge in [-0.15, -0.1) is 10.2 Å². The normalized spacial score (nSPS) is 20.5. The summed E-state index contributed by atoms with van der Waals surface area (Å²) >= 11 is 0. The van der Waals surface area contributed by atoms with Crippen LogP contribution in [0.2, 0.25) is 0 Å². The van der Waals surface area contributed by atoms with Crippen molar-refractivity contribution in [2.45, 2.75) is 64.3 Å². The highest BCUT2D eigenvalue weighted by atomic mass is 16.2. The molecule has 7 nitrogen and oxygen atoms in total. The number of nitrogens with zero attached hydrogens (tertiary/aromatic N) is 5. The second-order valence-electron chi connectivity index (χ2n) is 7.21. The average molecular weight is 342 g/mol. The van der Waals surface area contributed by atoms with Crippen molar-refractivity contribution in [3.8, 4) is 0 Å². The first-order valence-corrected chi connectivity index (χ1v) is 9.51. The molecule has 1 aliphatic carbocycles. The minimum atomic E-state index is 0.0747. The minimum Gasteiger partial charge on any atom is -0.337 e. The van der Waals surface area contributed by atoms with Gasteiger partial charge in [-0.25, -0.2) is 0 Å². The summed E-state index contributed by atoms with van der Waals surface area (Å²) in [5.41, 5.74) is 2.95. The van der Waals surface area contributed by atoms with Crippen LogP contribution in [0, 0.1) is 0 Å². The van der Waals surface area contributed by atoms with Crippen molar-refractivity contribution in [2.75, 3.05) is 13.1 Å². The van der Waals surface area contributed by atoms with E-state index in [1.54, 1.807) is 0 Å². The molecule has 1 amide bonds. The summed E-state index contributed by atoms with van der Waals surface area (Å²) < 4.78 is 2.13. The highest BCUT2D eigenvalue weighted by Crippen LogP contribution is 2.28. The number of nitrogens with one attached hydrogen (secondary N) is 1. The van der Waals surface area contributed by atoms with Crippen molar-refractivity contribution >= 4 is 5.91 Å². The van der Waals surface area contributed by atoms with Gasteiger partial charge in [0.25, 0.3) is 5.91 Å². The van der Waals surface area contributed by atoms with Gasteiger partial charge in [0.15, 0.2) is 5.69 Å². The number of aromatic nitrogens is 5. The number of rotatable bonds is 4. The fraction of sp³-hybridized carbons (Fsp3) is 0.667. The van der Waals surface area contributed by atoms with Crippen molar-refractivity contribution in [3.63, 3.8) is 0 Å². The number of hydrogen-bond donors (Lipinski definition) is 1. The van der Waals surface area contributed by atoms with E-state index < -0.39 is 0 Å². The van der Waals surface area contributed by atoms with Crippen molar-refractivity contribution in [1.29, 1.82) is 0 Å². The Morgan fingerprint density at radius 3 is 3.08 bits per heavy atom. The van der Waals surface area contributed by atoms with E-state index in [1.807, 2.05) is 11.2 Å². The van der Waals surface area contributed by atoms with E-state index in [0.29, 0.717) is 12.2 Å². The molecule has 134 valence electrons. The first-order valence-electron chi connectivity index (χ1n) is 9.51. The van der Waals surface area contributed by atoms with Crippen molar-refractivity contribution in [1.82, 2.24) is 29.9 Å². The van der Waals surface area contributed by atoms with Crippen LogP contribution in [0.4, 0.5) is 0 Å². The molecule has 0 radical (unpaired) electrons. The van der Waals surface area contributed by atoms with Crippen molar-refractivity contribution in [3.05, 3.63) is 29.1 Å². The molecule has 7 heteroatoms. The fourth-order valence-corrected chi connectivity index (χ4v) is 4.17. The summed E-state index contributed by atoms with van der Waals surface area (Å²) in [6, 6.07) is 0. The second-order valence-corrected chi connectivity index (χ2v) is 7.21. The zero-order valence-corrected chi connectivity index (χ0v) is 14.9. The van der Waals surface area contributed by atoms with Crippen LogP contribution in [0.25, 0.3) is 0 Å². The lowest BCUT2D eigenvalue weighted by molar-refractivity contribution is 0.0696. The van der Waals surface area contributed by atoms with E-state index in [1.165, 1.54) is 6.42 Å². The number of carbonyl (C=O) groups excluding carboxylic acids is 1. The summed E-state index contributed by atoms with van der Waals surface area (Å²) in [6.45, 7) is 4.60. The summed E-state index contributed by atoms with van der Waals surface area (Å²) in [5.74, 6) is 1.36. The molecule has 1 unspecified atom stereocenters. The second kappa shape index (κ2) is 6.98. The highest BCUT2D eigenvalue weighted by Gasteiger charge is 2.31. The Hall–Kier alpha value is -2.18. The predicted molar refractivity (Wildman–Crippen MR) is 93.4 cm³/mol. The number of aromatic amines is 1. The summed E-state index contributed by atoms with van der Waals surface area (Å²) in [4.78, 5) is 15.0. The van der Waals surface area contributed by atoms with Gasteiger partial charge in [-0.1, -0.05) is 6.92 Å². The first-order chi connectivity index (χ1) is 12.3. The molecular weight excluding hydrogens is 316 g/mol. The number of fused-ring (bicyclic) bond motifs is 1. The number of amides is 1. The third kappa shape index (κ3) is 3.07. The van der Waals surface area contributed by atoms with Crippen LogP contribution in [-0.4, -0.2) is 48.9 Å². The average Bonchev–Trinajstić information content (AvgIpc) is 3.28. The van der Waals surface area contributed by atoms with Crippen molar-refractivity contribution < 1.29 is 4.79 Å². The fourth-order valence-electron chi connectivity index (χ4n) is 4.17. The molecule has 1 fully saturated rings. The largest absolute Gasteiger partial charge is 0.337 e. The molecule has 1 saturated heterocycles. The summed E-state index contributed by atoms with van der Waals surface area (Å²) in [7, 11) is 0. The summed E-state index contributed by atoms with van der Waals surface area (Å²) in [5, 5.41) is 15.9. The van der Waals surface area contributed by atoms with Gasteiger partial charge in [0, 0.05) is 36.8 Å². The van der Waals surface area contributed by atoms with Gasteiger partial charge in [-0.3, -0.25) is 9.89 Å². The molecule has 2 aromatic rings. The number of H-pyrrole nitrogens is 1. The standard InChI is InChI=1S/C18H26N6O/c1-2-9-24-12-19-22-17(24)13-6-5-10-23(11-13)18(25)16-14-7-3-4-8-15(14)20-21-16/h12-13H,2-11H2,1H3,(H,20,21). The highest BCUT2D eigenvalue weighted by molar-refractivity contribution is 5.94. The molecule has 0 aromatic carbocycles. The lowest BCUT2D eigenvalue weighted by atomic mass is 9.94. The Kier molecular flexibility index (Phi) is 4.55. The molecular formula is C18H26N6O. The smallest absolute Gasteiger partial charge is 0.274 e. The molecule has 2 aliphatic rings. The Morgan fingerprint density at radius 1 is 1.32 bits per heavy atom. The van der Waals surface area contributed by atoms with Crippen LogP contribution in [0.15, 0.2) is 6.33 Å². The zero-order chi connectivity index (χ0) is 17.2. The topological polar surface area (TPSA) is 79.7 Å². The third-order valence-electron chi connectivity index (χ3n) is 5.44. The van der Waals surface area contributed by atoms with Crippen LogP contribution in [0.5, 0.6) is 0 Å². The van der Waals surface area contributed by atoms with E-state index in [0.717, 1.165) is 68.7 Å². The Balaban J connectivity index is 1.52. The van der Waals surface area contributed by atoms with Gasteiger partial charge in [-0.05, 0) is 44.9 Å². The van der Waals surface area contributed by atoms with Crippen LogP contribution in [0.1, 0.15) is 72.5 Å². The van der Waals surface area contributed by atoms with E-state index in [4.69, 9.17) is 0 Å². The van der Waals surface area contributed by atoms with Gasteiger partial charge in [0.2, 0.25) is 0 Å². The van der Waals surface area contributed by atoms with E-state index >= 15 is 0 Å². The predicted octanol–water partition coefficient (Wildman–Crippen LogP) is 2.31. The first kappa shape index (κ1) is 16.3. The molecule has 1 atom stereocenters. The summed E-state index contributed by atoms with van der Waals surface area (Å²) in [6.07, 6.45) is 9.24. The number of aryl methyl sites for hydroxylation is 2. The molecule has 0 bridgehead atoms. The molecule has 25 heavy (non-hydrogen) atoms. The van der Waals surface area contributed by atoms with Gasteiger partial charge in [0.05, 0.1) is 0 Å². The van der Waals surface area contributed by atoms with E-state index in [-0.39, 0.29) is 11.8 Å². The third-order valence-corrected chi connectivity index (χ3v) is 5.44. The minimum absolute atomic E-state index is 0.0747.